The van der Waals surface area contributed by atoms with E-state index < -0.39 is 0 Å². The van der Waals surface area contributed by atoms with Crippen LogP contribution in [0.25, 0.3) is 5.69 Å². The van der Waals surface area contributed by atoms with Crippen LogP contribution < -0.4 is 10.1 Å². The minimum absolute atomic E-state index is 0.0962. The first-order chi connectivity index (χ1) is 11.7. The van der Waals surface area contributed by atoms with E-state index in [-0.39, 0.29) is 11.9 Å². The van der Waals surface area contributed by atoms with Gasteiger partial charge in [-0.2, -0.15) is 0 Å². The van der Waals surface area contributed by atoms with Crippen molar-refractivity contribution in [3.63, 3.8) is 0 Å². The fraction of sp³-hybridized carbons (Fsp3) is 0.150. The number of hydrogen-bond donors (Lipinski definition) is 1. The molecule has 0 saturated carbocycles. The second-order valence-electron chi connectivity index (χ2n) is 5.58. The van der Waals surface area contributed by atoms with Crippen LogP contribution in [0.3, 0.4) is 0 Å². The molecule has 1 aromatic heterocycles. The Morgan fingerprint density at radius 1 is 1.00 bits per heavy atom. The van der Waals surface area contributed by atoms with Crippen molar-refractivity contribution in [2.24, 2.45) is 0 Å². The number of methoxy groups -OCH3 is 1. The molecule has 1 amide bonds. The number of rotatable bonds is 5. The number of carbonyl (C=O) groups is 1. The lowest BCUT2D eigenvalue weighted by Gasteiger charge is -2.16. The fourth-order valence-electron chi connectivity index (χ4n) is 2.63. The molecule has 122 valence electrons. The zero-order valence-corrected chi connectivity index (χ0v) is 13.8. The van der Waals surface area contributed by atoms with Crippen LogP contribution in [0.1, 0.15) is 28.9 Å². The Morgan fingerprint density at radius 3 is 2.33 bits per heavy atom. The minimum Gasteiger partial charge on any atom is -0.496 e. The number of nitrogens with one attached hydrogen (secondary N) is 1. The second-order valence-corrected chi connectivity index (χ2v) is 5.58. The van der Waals surface area contributed by atoms with Crippen LogP contribution in [0.15, 0.2) is 73.1 Å². The second kappa shape index (κ2) is 7.04. The van der Waals surface area contributed by atoms with E-state index in [4.69, 9.17) is 4.74 Å². The van der Waals surface area contributed by atoms with Crippen LogP contribution in [0, 0.1) is 0 Å². The van der Waals surface area contributed by atoms with Crippen LogP contribution in [0.4, 0.5) is 0 Å². The molecule has 0 spiro atoms. The smallest absolute Gasteiger partial charge is 0.255 e. The van der Waals surface area contributed by atoms with E-state index in [9.17, 15) is 4.79 Å². The molecule has 1 N–H and O–H groups in total. The quantitative estimate of drug-likeness (QED) is 0.773. The number of para-hydroxylation sites is 1. The molecule has 3 aromatic rings. The highest BCUT2D eigenvalue weighted by molar-refractivity contribution is 5.97. The van der Waals surface area contributed by atoms with Gasteiger partial charge in [0.25, 0.3) is 5.91 Å². The first-order valence-electron chi connectivity index (χ1n) is 7.86. The van der Waals surface area contributed by atoms with E-state index in [1.807, 2.05) is 72.4 Å². The maximum Gasteiger partial charge on any atom is 0.255 e. The highest BCUT2D eigenvalue weighted by atomic mass is 16.5. The Labute approximate surface area is 141 Å². The van der Waals surface area contributed by atoms with Gasteiger partial charge in [0.05, 0.1) is 18.7 Å². The van der Waals surface area contributed by atoms with Crippen molar-refractivity contribution < 1.29 is 9.53 Å². The van der Waals surface area contributed by atoms with Gasteiger partial charge in [0.2, 0.25) is 0 Å². The number of nitrogens with zero attached hydrogens (tertiary/aromatic N) is 1. The van der Waals surface area contributed by atoms with Gasteiger partial charge in [0, 0.05) is 18.1 Å². The molecule has 4 heteroatoms. The largest absolute Gasteiger partial charge is 0.496 e. The van der Waals surface area contributed by atoms with E-state index in [1.165, 1.54) is 0 Å². The third-order valence-electron chi connectivity index (χ3n) is 3.99. The highest BCUT2D eigenvalue weighted by Gasteiger charge is 2.15. The summed E-state index contributed by atoms with van der Waals surface area (Å²) in [6.07, 6.45) is 4.00. The number of aromatic nitrogens is 1. The van der Waals surface area contributed by atoms with E-state index >= 15 is 0 Å². The molecule has 24 heavy (non-hydrogen) atoms. The number of benzene rings is 2. The van der Waals surface area contributed by atoms with Gasteiger partial charge in [-0.05, 0) is 48.9 Å². The van der Waals surface area contributed by atoms with Crippen molar-refractivity contribution in [1.29, 1.82) is 0 Å². The molecule has 0 saturated heterocycles. The zero-order valence-electron chi connectivity index (χ0n) is 13.8. The molecule has 4 nitrogen and oxygen atoms in total. The van der Waals surface area contributed by atoms with Gasteiger partial charge in [-0.3, -0.25) is 4.79 Å². The molecule has 0 bridgehead atoms. The van der Waals surface area contributed by atoms with E-state index in [0.717, 1.165) is 11.3 Å². The number of hydrogen-bond acceptors (Lipinski definition) is 2. The van der Waals surface area contributed by atoms with Crippen molar-refractivity contribution in [3.8, 4) is 11.4 Å². The first kappa shape index (κ1) is 15.9. The molecule has 0 aliphatic carbocycles. The molecule has 1 unspecified atom stereocenters. The molecular weight excluding hydrogens is 300 g/mol. The fourth-order valence-corrected chi connectivity index (χ4v) is 2.63. The van der Waals surface area contributed by atoms with Crippen LogP contribution in [0.2, 0.25) is 0 Å². The van der Waals surface area contributed by atoms with E-state index in [0.29, 0.717) is 11.3 Å². The molecule has 0 aliphatic rings. The summed E-state index contributed by atoms with van der Waals surface area (Å²) in [4.78, 5) is 12.5. The summed E-state index contributed by atoms with van der Waals surface area (Å²) in [7, 11) is 1.56. The molecular formula is C20H20N2O2. The predicted molar refractivity (Wildman–Crippen MR) is 94.6 cm³/mol. The summed E-state index contributed by atoms with van der Waals surface area (Å²) in [5, 5.41) is 3.02. The third-order valence-corrected chi connectivity index (χ3v) is 3.99. The lowest BCUT2D eigenvalue weighted by atomic mass is 10.1. The minimum atomic E-state index is -0.144. The monoisotopic (exact) mass is 320 g/mol. The number of carbonyl (C=O) groups excluding carboxylic acids is 1. The summed E-state index contributed by atoms with van der Waals surface area (Å²) in [6, 6.07) is 19.2. The Balaban J connectivity index is 1.72. The zero-order chi connectivity index (χ0) is 16.9. The summed E-state index contributed by atoms with van der Waals surface area (Å²) in [5.74, 6) is 0.430. The van der Waals surface area contributed by atoms with Crippen LogP contribution in [0.5, 0.6) is 5.75 Å². The lowest BCUT2D eigenvalue weighted by molar-refractivity contribution is 0.0937. The Kier molecular flexibility index (Phi) is 4.66. The maximum atomic E-state index is 12.5. The van der Waals surface area contributed by atoms with Crippen LogP contribution >= 0.6 is 0 Å². The number of amides is 1. The average molecular weight is 320 g/mol. The molecule has 0 aliphatic heterocycles. The molecule has 3 rings (SSSR count). The lowest BCUT2D eigenvalue weighted by Crippen LogP contribution is -2.27. The molecule has 0 fully saturated rings. The summed E-state index contributed by atoms with van der Waals surface area (Å²) in [6.45, 7) is 1.97. The molecule has 0 radical (unpaired) electrons. The molecule has 1 atom stereocenters. The highest BCUT2D eigenvalue weighted by Crippen LogP contribution is 2.20. The van der Waals surface area contributed by atoms with Crippen molar-refractivity contribution in [2.75, 3.05) is 7.11 Å². The summed E-state index contributed by atoms with van der Waals surface area (Å²) in [5.41, 5.74) is 2.68. The van der Waals surface area contributed by atoms with Crippen molar-refractivity contribution in [1.82, 2.24) is 9.88 Å². The van der Waals surface area contributed by atoms with Gasteiger partial charge >= 0.3 is 0 Å². The van der Waals surface area contributed by atoms with Crippen molar-refractivity contribution in [2.45, 2.75) is 13.0 Å². The van der Waals surface area contributed by atoms with E-state index in [1.54, 1.807) is 19.2 Å². The van der Waals surface area contributed by atoms with Gasteiger partial charge in [0.1, 0.15) is 5.75 Å². The summed E-state index contributed by atoms with van der Waals surface area (Å²) >= 11 is 0. The van der Waals surface area contributed by atoms with E-state index in [2.05, 4.69) is 5.32 Å². The van der Waals surface area contributed by atoms with Crippen molar-refractivity contribution in [3.05, 3.63) is 84.2 Å². The van der Waals surface area contributed by atoms with Crippen LogP contribution in [-0.2, 0) is 0 Å². The molecule has 1 heterocycles. The first-order valence-corrected chi connectivity index (χ1v) is 7.86. The van der Waals surface area contributed by atoms with Gasteiger partial charge < -0.3 is 14.6 Å². The number of ether oxygens (including phenoxy) is 1. The SMILES string of the molecule is COc1ccccc1C(=O)NC(C)c1ccc(-n2cccc2)cc1. The average Bonchev–Trinajstić information content (AvgIpc) is 3.16. The normalized spacial score (nSPS) is 11.8. The third kappa shape index (κ3) is 3.33. The standard InChI is InChI=1S/C20H20N2O2/c1-15(21-20(23)18-7-3-4-8-19(18)24-2)16-9-11-17(12-10-16)22-13-5-6-14-22/h3-15H,1-2H3,(H,21,23). The van der Waals surface area contributed by atoms with Crippen LogP contribution in [-0.4, -0.2) is 17.6 Å². The predicted octanol–water partition coefficient (Wildman–Crippen LogP) is 3.98. The molecule has 2 aromatic carbocycles. The Hall–Kier alpha value is -3.01. The Bertz CT molecular complexity index is 808. The van der Waals surface area contributed by atoms with Gasteiger partial charge in [0.15, 0.2) is 0 Å². The van der Waals surface area contributed by atoms with Gasteiger partial charge in [-0.15, -0.1) is 0 Å². The van der Waals surface area contributed by atoms with Gasteiger partial charge in [-0.25, -0.2) is 0 Å². The van der Waals surface area contributed by atoms with Gasteiger partial charge in [-0.1, -0.05) is 24.3 Å². The summed E-state index contributed by atoms with van der Waals surface area (Å²) < 4.78 is 7.29. The van der Waals surface area contributed by atoms with Crippen molar-refractivity contribution >= 4 is 5.91 Å². The maximum absolute atomic E-state index is 12.5. The Morgan fingerprint density at radius 2 is 1.67 bits per heavy atom. The topological polar surface area (TPSA) is 43.3 Å².